The summed E-state index contributed by atoms with van der Waals surface area (Å²) in [5, 5.41) is 13.2. The molecule has 2 aromatic carbocycles. The number of halogens is 2. The Morgan fingerprint density at radius 1 is 1.10 bits per heavy atom. The molecule has 0 unspecified atom stereocenters. The number of aromatic hydroxyl groups is 1. The number of ether oxygens (including phenoxy) is 1. The van der Waals surface area contributed by atoms with E-state index in [1.165, 1.54) is 18.2 Å². The van der Waals surface area contributed by atoms with Gasteiger partial charge in [-0.1, -0.05) is 11.6 Å². The molecule has 0 amide bonds. The lowest BCUT2D eigenvalue weighted by atomic mass is 10.0. The Kier molecular flexibility index (Phi) is 6.13. The number of methoxy groups -OCH3 is 1. The van der Waals surface area contributed by atoms with Crippen LogP contribution in [0.2, 0.25) is 10.4 Å². The van der Waals surface area contributed by atoms with Crippen molar-refractivity contribution in [1.82, 2.24) is 9.97 Å². The molecule has 9 nitrogen and oxygen atoms in total. The quantitative estimate of drug-likeness (QED) is 0.213. The van der Waals surface area contributed by atoms with Crippen molar-refractivity contribution < 1.29 is 27.6 Å². The minimum atomic E-state index is -4.68. The predicted molar refractivity (Wildman–Crippen MR) is 110 cm³/mol. The first-order chi connectivity index (χ1) is 14.1. The SMILES string of the molecule is COc1cc(O)c(C(=O)c2ccc(Nc3cc(Cl)nc(Cl)n3)cc2)cc1S(=O)(=O)O. The zero-order valence-electron chi connectivity index (χ0n) is 15.1. The van der Waals surface area contributed by atoms with E-state index in [0.717, 1.165) is 19.2 Å². The van der Waals surface area contributed by atoms with Crippen LogP contribution in [0.25, 0.3) is 0 Å². The molecule has 3 N–H and O–H groups in total. The molecule has 0 aliphatic heterocycles. The highest BCUT2D eigenvalue weighted by molar-refractivity contribution is 7.86. The second kappa shape index (κ2) is 8.44. The van der Waals surface area contributed by atoms with Crippen molar-refractivity contribution in [3.05, 3.63) is 64.0 Å². The summed E-state index contributed by atoms with van der Waals surface area (Å²) in [6, 6.07) is 9.26. The average Bonchev–Trinajstić information content (AvgIpc) is 2.66. The molecule has 30 heavy (non-hydrogen) atoms. The predicted octanol–water partition coefficient (Wildman–Crippen LogP) is 3.72. The van der Waals surface area contributed by atoms with Crippen LogP contribution >= 0.6 is 23.2 Å². The molecule has 0 aliphatic carbocycles. The van der Waals surface area contributed by atoms with Crippen LogP contribution in [0, 0.1) is 0 Å². The Morgan fingerprint density at radius 3 is 2.33 bits per heavy atom. The van der Waals surface area contributed by atoms with Gasteiger partial charge in [0.05, 0.1) is 12.7 Å². The molecule has 0 saturated heterocycles. The first-order valence-corrected chi connectivity index (χ1v) is 10.3. The van der Waals surface area contributed by atoms with Gasteiger partial charge in [0.2, 0.25) is 5.28 Å². The summed E-state index contributed by atoms with van der Waals surface area (Å²) in [7, 11) is -3.52. The number of benzene rings is 2. The number of ketones is 1. The molecule has 0 spiro atoms. The summed E-state index contributed by atoms with van der Waals surface area (Å²) in [5.41, 5.74) is 0.384. The van der Waals surface area contributed by atoms with Gasteiger partial charge in [0.15, 0.2) is 5.78 Å². The number of nitrogens with zero attached hydrogens (tertiary/aromatic N) is 2. The van der Waals surface area contributed by atoms with Gasteiger partial charge in [0.25, 0.3) is 10.1 Å². The highest BCUT2D eigenvalue weighted by atomic mass is 35.5. The van der Waals surface area contributed by atoms with E-state index in [1.54, 1.807) is 12.1 Å². The number of aromatic nitrogens is 2. The highest BCUT2D eigenvalue weighted by Gasteiger charge is 2.23. The van der Waals surface area contributed by atoms with Gasteiger partial charge in [-0.2, -0.15) is 8.42 Å². The van der Waals surface area contributed by atoms with E-state index in [4.69, 9.17) is 27.9 Å². The maximum Gasteiger partial charge on any atom is 0.298 e. The summed E-state index contributed by atoms with van der Waals surface area (Å²) in [6.45, 7) is 0. The van der Waals surface area contributed by atoms with Gasteiger partial charge in [-0.25, -0.2) is 9.97 Å². The Hall–Kier alpha value is -2.92. The molecular formula is C18H13Cl2N3O6S. The van der Waals surface area contributed by atoms with E-state index in [2.05, 4.69) is 15.3 Å². The van der Waals surface area contributed by atoms with Gasteiger partial charge in [-0.05, 0) is 41.9 Å². The molecule has 1 aromatic heterocycles. The van der Waals surface area contributed by atoms with Crippen LogP contribution < -0.4 is 10.1 Å². The Labute approximate surface area is 181 Å². The molecule has 3 aromatic rings. The van der Waals surface area contributed by atoms with E-state index >= 15 is 0 Å². The number of nitrogens with one attached hydrogen (secondary N) is 1. The molecular weight excluding hydrogens is 457 g/mol. The molecule has 156 valence electrons. The van der Waals surface area contributed by atoms with Crippen molar-refractivity contribution in [2.75, 3.05) is 12.4 Å². The monoisotopic (exact) mass is 469 g/mol. The van der Waals surface area contributed by atoms with Crippen molar-refractivity contribution >= 4 is 50.6 Å². The standard InChI is InChI=1S/C18H13Cl2N3O6S/c1-29-13-7-12(24)11(6-14(13)30(26,27)28)17(25)9-2-4-10(5-3-9)21-16-8-15(19)22-18(20)23-16/h2-8,24H,1H3,(H,21,22,23)(H,26,27,28). The van der Waals surface area contributed by atoms with Crippen LogP contribution in [-0.2, 0) is 10.1 Å². The molecule has 0 bridgehead atoms. The third-order valence-corrected chi connectivity index (χ3v) is 5.13. The van der Waals surface area contributed by atoms with E-state index in [1.807, 2.05) is 0 Å². The van der Waals surface area contributed by atoms with Crippen LogP contribution in [0.1, 0.15) is 15.9 Å². The molecule has 0 saturated carbocycles. The summed E-state index contributed by atoms with van der Waals surface area (Å²) in [6.07, 6.45) is 0. The number of carbonyl (C=O) groups is 1. The van der Waals surface area contributed by atoms with Crippen LogP contribution in [0.15, 0.2) is 47.4 Å². The largest absolute Gasteiger partial charge is 0.507 e. The molecule has 3 rings (SSSR count). The van der Waals surface area contributed by atoms with Gasteiger partial charge >= 0.3 is 0 Å². The second-order valence-corrected chi connectivity index (χ2v) is 7.99. The third-order valence-electron chi connectivity index (χ3n) is 3.89. The van der Waals surface area contributed by atoms with Crippen molar-refractivity contribution in [2.24, 2.45) is 0 Å². The van der Waals surface area contributed by atoms with E-state index in [9.17, 15) is 22.9 Å². The molecule has 1 heterocycles. The van der Waals surface area contributed by atoms with E-state index in [0.29, 0.717) is 11.5 Å². The minimum absolute atomic E-state index is 0.0404. The number of hydrogen-bond acceptors (Lipinski definition) is 8. The zero-order valence-corrected chi connectivity index (χ0v) is 17.5. The normalized spacial score (nSPS) is 11.2. The number of anilines is 2. The third kappa shape index (κ3) is 4.79. The average molecular weight is 470 g/mol. The van der Waals surface area contributed by atoms with E-state index in [-0.39, 0.29) is 27.3 Å². The lowest BCUT2D eigenvalue weighted by Crippen LogP contribution is -2.07. The molecule has 0 atom stereocenters. The van der Waals surface area contributed by atoms with E-state index < -0.39 is 26.5 Å². The smallest absolute Gasteiger partial charge is 0.298 e. The topological polar surface area (TPSA) is 139 Å². The fraction of sp³-hybridized carbons (Fsp3) is 0.0556. The molecule has 12 heteroatoms. The summed E-state index contributed by atoms with van der Waals surface area (Å²) < 4.78 is 37.3. The second-order valence-electron chi connectivity index (χ2n) is 5.87. The molecule has 0 aliphatic rings. The lowest BCUT2D eigenvalue weighted by molar-refractivity contribution is 0.103. The summed E-state index contributed by atoms with van der Waals surface area (Å²) in [4.78, 5) is 19.8. The Balaban J connectivity index is 1.91. The Morgan fingerprint density at radius 2 is 1.77 bits per heavy atom. The first-order valence-electron chi connectivity index (χ1n) is 8.09. The number of carbonyl (C=O) groups excluding carboxylic acids is 1. The van der Waals surface area contributed by atoms with Crippen LogP contribution in [0.5, 0.6) is 11.5 Å². The van der Waals surface area contributed by atoms with Crippen LogP contribution in [-0.4, -0.2) is 40.9 Å². The highest BCUT2D eigenvalue weighted by Crippen LogP contribution is 2.33. The van der Waals surface area contributed by atoms with Gasteiger partial charge in [-0.15, -0.1) is 0 Å². The lowest BCUT2D eigenvalue weighted by Gasteiger charge is -2.11. The van der Waals surface area contributed by atoms with Crippen LogP contribution in [0.4, 0.5) is 11.5 Å². The van der Waals surface area contributed by atoms with Crippen LogP contribution in [0.3, 0.4) is 0 Å². The fourth-order valence-electron chi connectivity index (χ4n) is 2.55. The summed E-state index contributed by atoms with van der Waals surface area (Å²) in [5.74, 6) is -1.13. The maximum absolute atomic E-state index is 12.8. The number of phenolic OH excluding ortho intramolecular Hbond substituents is 1. The molecule has 0 fully saturated rings. The molecule has 0 radical (unpaired) electrons. The van der Waals surface area contributed by atoms with Gasteiger partial charge < -0.3 is 15.2 Å². The number of phenols is 1. The number of hydrogen-bond donors (Lipinski definition) is 3. The minimum Gasteiger partial charge on any atom is -0.507 e. The van der Waals surface area contributed by atoms with Crippen molar-refractivity contribution in [2.45, 2.75) is 4.90 Å². The zero-order chi connectivity index (χ0) is 22.1. The van der Waals surface area contributed by atoms with Crippen molar-refractivity contribution in [3.63, 3.8) is 0 Å². The first kappa shape index (κ1) is 21.8. The number of rotatable bonds is 6. The van der Waals surface area contributed by atoms with Crippen molar-refractivity contribution in [1.29, 1.82) is 0 Å². The van der Waals surface area contributed by atoms with Gasteiger partial charge in [-0.3, -0.25) is 9.35 Å². The van der Waals surface area contributed by atoms with Gasteiger partial charge in [0, 0.05) is 23.4 Å². The Bertz CT molecular complexity index is 1210. The van der Waals surface area contributed by atoms with Gasteiger partial charge in [0.1, 0.15) is 27.4 Å². The summed E-state index contributed by atoms with van der Waals surface area (Å²) >= 11 is 11.6. The fourth-order valence-corrected chi connectivity index (χ4v) is 3.63. The maximum atomic E-state index is 12.8. The van der Waals surface area contributed by atoms with Crippen molar-refractivity contribution in [3.8, 4) is 11.5 Å².